The van der Waals surface area contributed by atoms with Gasteiger partial charge < -0.3 is 19.0 Å². The average molecular weight is 353 g/mol. The Kier molecular flexibility index (Phi) is 6.62. The van der Waals surface area contributed by atoms with Crippen LogP contribution in [0.25, 0.3) is 0 Å². The summed E-state index contributed by atoms with van der Waals surface area (Å²) in [6.07, 6.45) is 0.504. The summed E-state index contributed by atoms with van der Waals surface area (Å²) in [4.78, 5) is 0. The van der Waals surface area contributed by atoms with Gasteiger partial charge in [0, 0.05) is 12.2 Å². The Balaban J connectivity index is 1.81. The molecular weight excluding hydrogens is 320 g/mol. The van der Waals surface area contributed by atoms with Gasteiger partial charge in [-0.3, -0.25) is 0 Å². The molecule has 0 unspecified atom stereocenters. The largest absolute Gasteiger partial charge is 0.417 e. The molecule has 4 nitrogen and oxygen atoms in total. The van der Waals surface area contributed by atoms with E-state index in [1.807, 2.05) is 30.3 Å². The van der Waals surface area contributed by atoms with E-state index in [1.54, 1.807) is 0 Å². The summed E-state index contributed by atoms with van der Waals surface area (Å²) in [6, 6.07) is 9.88. The normalized spacial score (nSPS) is 25.7. The smallest absolute Gasteiger partial charge is 0.191 e. The van der Waals surface area contributed by atoms with Crippen molar-refractivity contribution in [3.8, 4) is 0 Å². The van der Waals surface area contributed by atoms with Gasteiger partial charge in [0.2, 0.25) is 0 Å². The molecule has 0 amide bonds. The Bertz CT molecular complexity index is 498. The minimum absolute atomic E-state index is 0.202. The Morgan fingerprint density at radius 1 is 1.21 bits per heavy atom. The summed E-state index contributed by atoms with van der Waals surface area (Å²) in [7, 11) is -1.70. The minimum atomic E-state index is -1.70. The Labute approximate surface area is 147 Å². The van der Waals surface area contributed by atoms with E-state index < -0.39 is 14.4 Å². The molecule has 136 valence electrons. The van der Waals surface area contributed by atoms with Crippen LogP contribution in [0.1, 0.15) is 45.5 Å². The lowest BCUT2D eigenvalue weighted by molar-refractivity contribution is -0.258. The highest BCUT2D eigenvalue weighted by Gasteiger charge is 2.37. The van der Waals surface area contributed by atoms with Gasteiger partial charge in [0.1, 0.15) is 6.10 Å². The van der Waals surface area contributed by atoms with Crippen LogP contribution in [0.5, 0.6) is 0 Å². The van der Waals surface area contributed by atoms with E-state index >= 15 is 0 Å². The van der Waals surface area contributed by atoms with Crippen LogP contribution in [0.3, 0.4) is 0 Å². The first-order chi connectivity index (χ1) is 11.2. The lowest BCUT2D eigenvalue weighted by atomic mass is 10.1. The zero-order valence-electron chi connectivity index (χ0n) is 15.6. The van der Waals surface area contributed by atoms with Crippen LogP contribution < -0.4 is 0 Å². The van der Waals surface area contributed by atoms with Gasteiger partial charge in [0.05, 0.1) is 12.7 Å². The molecule has 5 heteroatoms. The van der Waals surface area contributed by atoms with Gasteiger partial charge in [-0.15, -0.1) is 0 Å². The van der Waals surface area contributed by atoms with E-state index in [1.165, 1.54) is 0 Å². The van der Waals surface area contributed by atoms with Crippen LogP contribution in [0, 0.1) is 0 Å². The monoisotopic (exact) mass is 352 g/mol. The molecule has 1 aromatic carbocycles. The van der Waals surface area contributed by atoms with E-state index in [4.69, 9.17) is 13.9 Å². The Hall–Kier alpha value is -0.723. The molecule has 1 saturated heterocycles. The predicted octanol–water partition coefficient (Wildman–Crippen LogP) is 4.26. The van der Waals surface area contributed by atoms with Crippen molar-refractivity contribution in [2.24, 2.45) is 0 Å². The molecule has 2 rings (SSSR count). The van der Waals surface area contributed by atoms with E-state index in [-0.39, 0.29) is 17.4 Å². The van der Waals surface area contributed by atoms with Gasteiger partial charge in [0.15, 0.2) is 14.6 Å². The van der Waals surface area contributed by atoms with Crippen molar-refractivity contribution in [2.45, 2.75) is 70.2 Å². The average Bonchev–Trinajstić information content (AvgIpc) is 2.53. The highest BCUT2D eigenvalue weighted by Crippen LogP contribution is 2.36. The van der Waals surface area contributed by atoms with Crippen molar-refractivity contribution >= 4 is 8.32 Å². The summed E-state index contributed by atoms with van der Waals surface area (Å²) in [5.41, 5.74) is 0.993. The predicted molar refractivity (Wildman–Crippen MR) is 98.4 cm³/mol. The molecule has 1 aliphatic heterocycles. The standard InChI is InChI=1S/C19H32O4Si/c1-19(2,3)24(4,5)22-13-9-12-17-16(20)14-21-18(23-17)15-10-7-6-8-11-15/h6-8,10-11,16-18,20H,9,12-14H2,1-5H3/t16-,17+,18-/m1/s1. The first-order valence-corrected chi connectivity index (χ1v) is 11.8. The number of benzene rings is 1. The quantitative estimate of drug-likeness (QED) is 0.614. The van der Waals surface area contributed by atoms with E-state index in [2.05, 4.69) is 33.9 Å². The van der Waals surface area contributed by atoms with Crippen molar-refractivity contribution in [1.29, 1.82) is 0 Å². The topological polar surface area (TPSA) is 47.9 Å². The number of aliphatic hydroxyl groups is 1. The Morgan fingerprint density at radius 3 is 2.50 bits per heavy atom. The summed E-state index contributed by atoms with van der Waals surface area (Å²) in [5, 5.41) is 10.4. The van der Waals surface area contributed by atoms with Gasteiger partial charge in [0.25, 0.3) is 0 Å². The second-order valence-corrected chi connectivity index (χ2v) is 12.9. The molecule has 1 N–H and O–H groups in total. The van der Waals surface area contributed by atoms with E-state index in [0.717, 1.165) is 25.0 Å². The van der Waals surface area contributed by atoms with Crippen molar-refractivity contribution < 1.29 is 19.0 Å². The maximum atomic E-state index is 10.1. The Morgan fingerprint density at radius 2 is 1.88 bits per heavy atom. The molecule has 3 atom stereocenters. The number of hydrogen-bond acceptors (Lipinski definition) is 4. The lowest BCUT2D eigenvalue weighted by Crippen LogP contribution is -2.42. The maximum Gasteiger partial charge on any atom is 0.191 e. The van der Waals surface area contributed by atoms with Crippen molar-refractivity contribution in [3.63, 3.8) is 0 Å². The molecule has 0 aliphatic carbocycles. The van der Waals surface area contributed by atoms with Crippen LogP contribution in [0.2, 0.25) is 18.1 Å². The highest BCUT2D eigenvalue weighted by molar-refractivity contribution is 6.74. The molecule has 1 aliphatic rings. The highest BCUT2D eigenvalue weighted by atomic mass is 28.4. The maximum absolute atomic E-state index is 10.1. The third kappa shape index (κ3) is 5.13. The zero-order valence-corrected chi connectivity index (χ0v) is 16.6. The number of rotatable bonds is 6. The minimum Gasteiger partial charge on any atom is -0.417 e. The van der Waals surface area contributed by atoms with Crippen LogP contribution in [0.4, 0.5) is 0 Å². The third-order valence-electron chi connectivity index (χ3n) is 5.12. The molecule has 1 aromatic rings. The van der Waals surface area contributed by atoms with Gasteiger partial charge in [-0.1, -0.05) is 51.1 Å². The first-order valence-electron chi connectivity index (χ1n) is 8.85. The third-order valence-corrected chi connectivity index (χ3v) is 9.66. The van der Waals surface area contributed by atoms with E-state index in [9.17, 15) is 5.11 Å². The van der Waals surface area contributed by atoms with Crippen LogP contribution in [0.15, 0.2) is 30.3 Å². The molecule has 0 spiro atoms. The lowest BCUT2D eigenvalue weighted by Gasteiger charge is -2.37. The van der Waals surface area contributed by atoms with Crippen molar-refractivity contribution in [1.82, 2.24) is 0 Å². The molecule has 0 aromatic heterocycles. The SMILES string of the molecule is CC(C)(C)[Si](C)(C)OCCC[C@@H]1O[C@H](c2ccccc2)OC[C@H]1O. The summed E-state index contributed by atoms with van der Waals surface area (Å²) in [6.45, 7) is 12.3. The molecule has 1 fully saturated rings. The van der Waals surface area contributed by atoms with Crippen LogP contribution in [-0.4, -0.2) is 38.8 Å². The molecule has 0 radical (unpaired) electrons. The van der Waals surface area contributed by atoms with E-state index in [0.29, 0.717) is 6.61 Å². The van der Waals surface area contributed by atoms with Gasteiger partial charge >= 0.3 is 0 Å². The van der Waals surface area contributed by atoms with Gasteiger partial charge in [-0.25, -0.2) is 0 Å². The number of hydrogen-bond donors (Lipinski definition) is 1. The molecule has 1 heterocycles. The molecule has 0 bridgehead atoms. The summed E-state index contributed by atoms with van der Waals surface area (Å²) < 4.78 is 17.8. The van der Waals surface area contributed by atoms with Gasteiger partial charge in [-0.2, -0.15) is 0 Å². The second-order valence-electron chi connectivity index (χ2n) is 8.07. The fraction of sp³-hybridized carbons (Fsp3) is 0.684. The van der Waals surface area contributed by atoms with Gasteiger partial charge in [-0.05, 0) is 31.0 Å². The molecular formula is C19H32O4Si. The second kappa shape index (κ2) is 8.10. The zero-order chi connectivity index (χ0) is 17.8. The summed E-state index contributed by atoms with van der Waals surface area (Å²) >= 11 is 0. The first kappa shape index (κ1) is 19.6. The fourth-order valence-electron chi connectivity index (χ4n) is 2.46. The van der Waals surface area contributed by atoms with Crippen LogP contribution >= 0.6 is 0 Å². The fourth-order valence-corrected chi connectivity index (χ4v) is 3.54. The molecule has 24 heavy (non-hydrogen) atoms. The van der Waals surface area contributed by atoms with Crippen molar-refractivity contribution in [3.05, 3.63) is 35.9 Å². The summed E-state index contributed by atoms with van der Waals surface area (Å²) in [5.74, 6) is 0. The molecule has 0 saturated carbocycles. The number of ether oxygens (including phenoxy) is 2. The van der Waals surface area contributed by atoms with Crippen molar-refractivity contribution in [2.75, 3.05) is 13.2 Å². The van der Waals surface area contributed by atoms with Crippen LogP contribution in [-0.2, 0) is 13.9 Å². The number of aliphatic hydroxyl groups excluding tert-OH is 1.